The van der Waals surface area contributed by atoms with Gasteiger partial charge in [-0.3, -0.25) is 0 Å². The molecule has 0 saturated heterocycles. The van der Waals surface area contributed by atoms with E-state index in [4.69, 9.17) is 75.4 Å². The first-order valence-electron chi connectivity index (χ1n) is 3.87. The van der Waals surface area contributed by atoms with Gasteiger partial charge in [0.25, 0.3) is 0 Å². The summed E-state index contributed by atoms with van der Waals surface area (Å²) in [6.45, 7) is 0. The van der Waals surface area contributed by atoms with Crippen LogP contribution in [0, 0.1) is 0 Å². The first-order valence-corrected chi connectivity index (χ1v) is 3.87. The maximum atomic E-state index is 7.17. The van der Waals surface area contributed by atoms with E-state index in [0.29, 0.717) is 0 Å². The Morgan fingerprint density at radius 1 is 0.217 bits per heavy atom. The number of rotatable bonds is 0. The molecule has 15 nitrogen and oxygen atoms in total. The smallest absolute Gasteiger partial charge is 0.402 e. The van der Waals surface area contributed by atoms with Gasteiger partial charge in [0.1, 0.15) is 0 Å². The summed E-state index contributed by atoms with van der Waals surface area (Å²) >= 11 is 0. The molecule has 0 fully saturated rings. The van der Waals surface area contributed by atoms with Crippen molar-refractivity contribution >= 4 is 36.6 Å². The Balaban J connectivity index is -0.0000000197. The first-order chi connectivity index (χ1) is 8.66. The summed E-state index contributed by atoms with van der Waals surface area (Å²) in [5, 5.41) is 108. The molecule has 0 atom stereocenters. The third-order valence-electron chi connectivity index (χ3n) is 0. The van der Waals surface area contributed by atoms with E-state index in [1.807, 2.05) is 0 Å². The molecule has 0 aliphatic rings. The van der Waals surface area contributed by atoms with Crippen molar-refractivity contribution in [3.63, 3.8) is 0 Å². The van der Waals surface area contributed by atoms with Gasteiger partial charge in [-0.1, -0.05) is 0 Å². The van der Waals surface area contributed by atoms with Crippen LogP contribution in [-0.2, 0) is 58.4 Å². The first kappa shape index (κ1) is 49.7. The molecule has 0 amide bonds. The van der Waals surface area contributed by atoms with Crippen molar-refractivity contribution in [1.82, 2.24) is 0 Å². The molecule has 23 heavy (non-hydrogen) atoms. The van der Waals surface area contributed by atoms with Gasteiger partial charge in [-0.25, -0.2) is 0 Å². The Hall–Kier alpha value is 1.59. The average Bonchev–Trinajstić information content (AvgIpc) is 1.94. The molecule has 0 heterocycles. The van der Waals surface area contributed by atoms with Crippen molar-refractivity contribution in [2.24, 2.45) is 0 Å². The summed E-state index contributed by atoms with van der Waals surface area (Å²) in [5.74, 6) is 0. The van der Waals surface area contributed by atoms with E-state index >= 15 is 0 Å². The van der Waals surface area contributed by atoms with E-state index in [-0.39, 0.29) is 58.4 Å². The third kappa shape index (κ3) is 4330. The van der Waals surface area contributed by atoms with Crippen molar-refractivity contribution in [3.8, 4) is 0 Å². The fourth-order valence-electron chi connectivity index (χ4n) is 0. The van der Waals surface area contributed by atoms with Crippen molar-refractivity contribution in [1.29, 1.82) is 0 Å². The van der Waals surface area contributed by atoms with E-state index < -0.39 is 36.6 Å². The Morgan fingerprint density at radius 2 is 0.217 bits per heavy atom. The zero-order valence-corrected chi connectivity index (χ0v) is 20.6. The summed E-state index contributed by atoms with van der Waals surface area (Å²) in [7, 11) is -10.8. The topological polar surface area (TPSA) is 303 Å². The van der Waals surface area contributed by atoms with Gasteiger partial charge in [-0.2, -0.15) is 0 Å². The molecule has 126 valence electrons. The van der Waals surface area contributed by atoms with Gasteiger partial charge in [-0.15, -0.1) is 0 Å². The zero-order valence-electron chi connectivity index (χ0n) is 11.7. The van der Waals surface area contributed by atoms with Crippen LogP contribution in [-0.4, -0.2) is 112 Å². The molecule has 0 bridgehead atoms. The molecule has 0 unspecified atom stereocenters. The van der Waals surface area contributed by atoms with Crippen molar-refractivity contribution in [2.75, 3.05) is 0 Å². The zero-order chi connectivity index (χ0) is 17.9. The molecule has 0 aliphatic carbocycles. The van der Waals surface area contributed by atoms with Crippen LogP contribution in [0.1, 0.15) is 0 Å². The SMILES string of the molecule is OB(O)O.OB(O)O.OB(O)O.OB(O)O.OB(O)O.[Zn].[Zn].[Zn]. The van der Waals surface area contributed by atoms with Crippen LogP contribution in [0.3, 0.4) is 0 Å². The predicted octanol–water partition coefficient (Wildman–Crippen LogP) is -10.3. The minimum absolute atomic E-state index is 0. The second-order valence-corrected chi connectivity index (χ2v) is 1.73. The van der Waals surface area contributed by atoms with E-state index in [9.17, 15) is 0 Å². The van der Waals surface area contributed by atoms with Crippen LogP contribution in [0.15, 0.2) is 0 Å². The Bertz CT molecular complexity index is 87.7. The van der Waals surface area contributed by atoms with E-state index in [0.717, 1.165) is 0 Å². The van der Waals surface area contributed by atoms with Crippen molar-refractivity contribution in [3.05, 3.63) is 0 Å². The monoisotopic (exact) mass is 502 g/mol. The molecule has 15 N–H and O–H groups in total. The Morgan fingerprint density at radius 3 is 0.217 bits per heavy atom. The molecular formula is H15B5O15Zn3. The molecule has 23 heteroatoms. The van der Waals surface area contributed by atoms with E-state index in [1.165, 1.54) is 0 Å². The van der Waals surface area contributed by atoms with Crippen molar-refractivity contribution in [2.45, 2.75) is 0 Å². The second kappa shape index (κ2) is 43.7. The van der Waals surface area contributed by atoms with Gasteiger partial charge in [0.2, 0.25) is 0 Å². The summed E-state index contributed by atoms with van der Waals surface area (Å²) in [6, 6.07) is 0. The molecule has 0 spiro atoms. The van der Waals surface area contributed by atoms with E-state index in [2.05, 4.69) is 0 Å². The maximum absolute atomic E-state index is 7.17. The number of hydrogen-bond donors (Lipinski definition) is 15. The summed E-state index contributed by atoms with van der Waals surface area (Å²) < 4.78 is 0. The third-order valence-corrected chi connectivity index (χ3v) is 0. The van der Waals surface area contributed by atoms with Crippen LogP contribution >= 0.6 is 0 Å². The van der Waals surface area contributed by atoms with E-state index in [1.54, 1.807) is 0 Å². The summed E-state index contributed by atoms with van der Waals surface area (Å²) in [6.07, 6.45) is 0. The summed E-state index contributed by atoms with van der Waals surface area (Å²) in [5.41, 5.74) is 0. The van der Waals surface area contributed by atoms with Crippen LogP contribution in [0.2, 0.25) is 0 Å². The fraction of sp³-hybridized carbons (Fsp3) is 0. The standard InChI is InChI=1S/5BH3O3.3Zn/c5*2-1(3)4;;;/h5*2-4H;;;. The van der Waals surface area contributed by atoms with Crippen LogP contribution in [0.5, 0.6) is 0 Å². The average molecular weight is 505 g/mol. The Kier molecular flexibility index (Phi) is 94.6. The normalized spacial score (nSPS) is 5.87. The molecule has 0 aromatic carbocycles. The van der Waals surface area contributed by atoms with Crippen LogP contribution < -0.4 is 0 Å². The quantitative estimate of drug-likeness (QED) is 0.136. The summed E-state index contributed by atoms with van der Waals surface area (Å²) in [4.78, 5) is 0. The molecule has 0 saturated carbocycles. The predicted molar refractivity (Wildman–Crippen MR) is 62.1 cm³/mol. The van der Waals surface area contributed by atoms with Gasteiger partial charge >= 0.3 is 36.6 Å². The largest absolute Gasteiger partial charge is 0.631 e. The van der Waals surface area contributed by atoms with Gasteiger partial charge in [0.05, 0.1) is 0 Å². The van der Waals surface area contributed by atoms with Crippen LogP contribution in [0.4, 0.5) is 0 Å². The fourth-order valence-corrected chi connectivity index (χ4v) is 0. The minimum atomic E-state index is -2.17. The number of hydrogen-bond acceptors (Lipinski definition) is 15. The van der Waals surface area contributed by atoms with Gasteiger partial charge < -0.3 is 75.4 Å². The van der Waals surface area contributed by atoms with Gasteiger partial charge in [0, 0.05) is 58.4 Å². The molecule has 0 rings (SSSR count). The minimum Gasteiger partial charge on any atom is -0.402 e. The molecule has 0 radical (unpaired) electrons. The molecular weight excluding hydrogens is 490 g/mol. The van der Waals surface area contributed by atoms with Crippen molar-refractivity contribution < 1.29 is 134 Å². The molecule has 0 aromatic rings. The van der Waals surface area contributed by atoms with Gasteiger partial charge in [-0.05, 0) is 0 Å². The maximum Gasteiger partial charge on any atom is 0.631 e. The molecule has 0 aromatic heterocycles. The Labute approximate surface area is 170 Å². The molecule has 0 aliphatic heterocycles. The van der Waals surface area contributed by atoms with Crippen LogP contribution in [0.25, 0.3) is 0 Å². The van der Waals surface area contributed by atoms with Gasteiger partial charge in [0.15, 0.2) is 0 Å². The second-order valence-electron chi connectivity index (χ2n) is 1.73.